The van der Waals surface area contributed by atoms with Gasteiger partial charge in [-0.3, -0.25) is 4.79 Å². The number of rotatable bonds is 5. The van der Waals surface area contributed by atoms with E-state index < -0.39 is 0 Å². The first-order chi connectivity index (χ1) is 13.7. The smallest absolute Gasteiger partial charge is 0.251 e. The van der Waals surface area contributed by atoms with E-state index in [-0.39, 0.29) is 5.91 Å². The van der Waals surface area contributed by atoms with Crippen LogP contribution in [-0.4, -0.2) is 27.5 Å². The van der Waals surface area contributed by atoms with Crippen LogP contribution < -0.4 is 5.32 Å². The van der Waals surface area contributed by atoms with Crippen molar-refractivity contribution in [1.29, 1.82) is 0 Å². The molecule has 5 rings (SSSR count). The number of aromatic nitrogens is 3. The van der Waals surface area contributed by atoms with Gasteiger partial charge in [0.1, 0.15) is 12.0 Å². The monoisotopic (exact) mass is 372 g/mol. The SMILES string of the molecule is CNC(=O)c1ccc2c(c1)nc(-c1coc(C3CC3)n1)n2Cc1ccccc1. The highest BCUT2D eigenvalue weighted by Crippen LogP contribution is 2.40. The van der Waals surface area contributed by atoms with Crippen LogP contribution in [-0.2, 0) is 6.54 Å². The summed E-state index contributed by atoms with van der Waals surface area (Å²) in [5, 5.41) is 2.66. The highest BCUT2D eigenvalue weighted by molar-refractivity contribution is 5.97. The van der Waals surface area contributed by atoms with Crippen LogP contribution in [0.25, 0.3) is 22.6 Å². The number of amides is 1. The Morgan fingerprint density at radius 3 is 2.75 bits per heavy atom. The Hall–Kier alpha value is -3.41. The molecule has 6 nitrogen and oxygen atoms in total. The van der Waals surface area contributed by atoms with Crippen LogP contribution in [0.5, 0.6) is 0 Å². The lowest BCUT2D eigenvalue weighted by atomic mass is 10.2. The minimum atomic E-state index is -0.126. The predicted molar refractivity (Wildman–Crippen MR) is 106 cm³/mol. The first-order valence-electron chi connectivity index (χ1n) is 9.45. The number of hydrogen-bond donors (Lipinski definition) is 1. The van der Waals surface area contributed by atoms with Gasteiger partial charge in [0.05, 0.1) is 11.0 Å². The van der Waals surface area contributed by atoms with Gasteiger partial charge in [-0.15, -0.1) is 0 Å². The zero-order valence-corrected chi connectivity index (χ0v) is 15.6. The molecule has 1 amide bonds. The highest BCUT2D eigenvalue weighted by atomic mass is 16.3. The van der Waals surface area contributed by atoms with Gasteiger partial charge in [-0.2, -0.15) is 0 Å². The molecular formula is C22H20N4O2. The Bertz CT molecular complexity index is 1160. The Labute approximate surface area is 162 Å². The molecule has 4 aromatic rings. The lowest BCUT2D eigenvalue weighted by Crippen LogP contribution is -2.17. The number of nitrogens with zero attached hydrogens (tertiary/aromatic N) is 3. The lowest BCUT2D eigenvalue weighted by Gasteiger charge is -2.08. The van der Waals surface area contributed by atoms with Crippen LogP contribution in [0.15, 0.2) is 59.2 Å². The van der Waals surface area contributed by atoms with E-state index in [4.69, 9.17) is 9.40 Å². The third-order valence-electron chi connectivity index (χ3n) is 5.10. The minimum absolute atomic E-state index is 0.126. The quantitative estimate of drug-likeness (QED) is 0.575. The second kappa shape index (κ2) is 6.64. The Morgan fingerprint density at radius 1 is 1.18 bits per heavy atom. The van der Waals surface area contributed by atoms with E-state index in [9.17, 15) is 4.79 Å². The molecule has 0 unspecified atom stereocenters. The first-order valence-corrected chi connectivity index (χ1v) is 9.45. The van der Waals surface area contributed by atoms with E-state index in [2.05, 4.69) is 27.0 Å². The van der Waals surface area contributed by atoms with Crippen molar-refractivity contribution in [2.24, 2.45) is 0 Å². The van der Waals surface area contributed by atoms with Gasteiger partial charge in [0.15, 0.2) is 11.7 Å². The second-order valence-corrected chi connectivity index (χ2v) is 7.14. The summed E-state index contributed by atoms with van der Waals surface area (Å²) in [6, 6.07) is 15.8. The van der Waals surface area contributed by atoms with Crippen molar-refractivity contribution in [1.82, 2.24) is 19.9 Å². The fourth-order valence-electron chi connectivity index (χ4n) is 3.45. The third kappa shape index (κ3) is 2.97. The number of carbonyl (C=O) groups excluding carboxylic acids is 1. The predicted octanol–water partition coefficient (Wildman–Crippen LogP) is 3.98. The fraction of sp³-hybridized carbons (Fsp3) is 0.227. The maximum absolute atomic E-state index is 12.0. The van der Waals surface area contributed by atoms with Crippen LogP contribution in [0.2, 0.25) is 0 Å². The van der Waals surface area contributed by atoms with Crippen LogP contribution in [0.4, 0.5) is 0 Å². The maximum atomic E-state index is 12.0. The van der Waals surface area contributed by atoms with Gasteiger partial charge in [0.2, 0.25) is 0 Å². The zero-order chi connectivity index (χ0) is 19.1. The number of fused-ring (bicyclic) bond motifs is 1. The molecule has 140 valence electrons. The molecule has 1 aliphatic carbocycles. The van der Waals surface area contributed by atoms with Crippen molar-refractivity contribution in [2.45, 2.75) is 25.3 Å². The molecule has 2 aromatic heterocycles. The zero-order valence-electron chi connectivity index (χ0n) is 15.6. The molecule has 2 heterocycles. The normalized spacial score (nSPS) is 13.8. The molecule has 0 spiro atoms. The highest BCUT2D eigenvalue weighted by Gasteiger charge is 2.29. The van der Waals surface area contributed by atoms with Crippen LogP contribution in [0.1, 0.15) is 40.6 Å². The Morgan fingerprint density at radius 2 is 2.00 bits per heavy atom. The molecule has 0 radical (unpaired) electrons. The largest absolute Gasteiger partial charge is 0.448 e. The molecule has 28 heavy (non-hydrogen) atoms. The Balaban J connectivity index is 1.64. The van der Waals surface area contributed by atoms with Gasteiger partial charge in [0.25, 0.3) is 5.91 Å². The number of oxazole rings is 1. The maximum Gasteiger partial charge on any atom is 0.251 e. The molecule has 2 aromatic carbocycles. The number of nitrogens with one attached hydrogen (secondary N) is 1. The summed E-state index contributed by atoms with van der Waals surface area (Å²) in [6.45, 7) is 0.664. The van der Waals surface area contributed by atoms with E-state index in [1.54, 1.807) is 13.3 Å². The molecule has 0 aliphatic heterocycles. The summed E-state index contributed by atoms with van der Waals surface area (Å²) in [5.74, 6) is 1.86. The summed E-state index contributed by atoms with van der Waals surface area (Å²) >= 11 is 0. The molecular weight excluding hydrogens is 352 g/mol. The topological polar surface area (TPSA) is 73.0 Å². The first kappa shape index (κ1) is 16.7. The van der Waals surface area contributed by atoms with Crippen molar-refractivity contribution < 1.29 is 9.21 Å². The van der Waals surface area contributed by atoms with Gasteiger partial charge in [-0.05, 0) is 36.6 Å². The van der Waals surface area contributed by atoms with Gasteiger partial charge in [-0.25, -0.2) is 9.97 Å². The number of carbonyl (C=O) groups is 1. The van der Waals surface area contributed by atoms with Crippen LogP contribution in [0, 0.1) is 0 Å². The molecule has 0 atom stereocenters. The van der Waals surface area contributed by atoms with Crippen molar-refractivity contribution in [3.63, 3.8) is 0 Å². The number of hydrogen-bond acceptors (Lipinski definition) is 4. The van der Waals surface area contributed by atoms with Crippen molar-refractivity contribution in [3.05, 3.63) is 71.8 Å². The van der Waals surface area contributed by atoms with Crippen molar-refractivity contribution in [3.8, 4) is 11.5 Å². The van der Waals surface area contributed by atoms with Crippen LogP contribution >= 0.6 is 0 Å². The molecule has 1 N–H and O–H groups in total. The van der Waals surface area contributed by atoms with Gasteiger partial charge in [-0.1, -0.05) is 30.3 Å². The van der Waals surface area contributed by atoms with E-state index in [0.29, 0.717) is 18.0 Å². The van der Waals surface area contributed by atoms with Gasteiger partial charge in [0, 0.05) is 25.1 Å². The van der Waals surface area contributed by atoms with Crippen molar-refractivity contribution in [2.75, 3.05) is 7.05 Å². The Kier molecular flexibility index (Phi) is 3.97. The summed E-state index contributed by atoms with van der Waals surface area (Å²) in [7, 11) is 1.63. The fourth-order valence-corrected chi connectivity index (χ4v) is 3.45. The number of benzene rings is 2. The molecule has 0 bridgehead atoms. The average molecular weight is 372 g/mol. The van der Waals surface area contributed by atoms with E-state index >= 15 is 0 Å². The molecule has 6 heteroatoms. The molecule has 0 saturated heterocycles. The third-order valence-corrected chi connectivity index (χ3v) is 5.10. The summed E-state index contributed by atoms with van der Waals surface area (Å²) < 4.78 is 7.83. The second-order valence-electron chi connectivity index (χ2n) is 7.14. The van der Waals surface area contributed by atoms with Crippen LogP contribution in [0.3, 0.4) is 0 Å². The van der Waals surface area contributed by atoms with Gasteiger partial charge < -0.3 is 14.3 Å². The molecule has 1 aliphatic rings. The summed E-state index contributed by atoms with van der Waals surface area (Å²) in [6.07, 6.45) is 3.96. The number of imidazole rings is 1. The lowest BCUT2D eigenvalue weighted by molar-refractivity contribution is 0.0963. The summed E-state index contributed by atoms with van der Waals surface area (Å²) in [4.78, 5) is 21.5. The molecule has 1 saturated carbocycles. The van der Waals surface area contributed by atoms with E-state index in [0.717, 1.165) is 41.3 Å². The van der Waals surface area contributed by atoms with E-state index in [1.807, 2.05) is 36.4 Å². The summed E-state index contributed by atoms with van der Waals surface area (Å²) in [5.41, 5.74) is 4.22. The van der Waals surface area contributed by atoms with E-state index in [1.165, 1.54) is 5.56 Å². The van der Waals surface area contributed by atoms with Crippen molar-refractivity contribution >= 4 is 16.9 Å². The average Bonchev–Trinajstić information content (AvgIpc) is 3.36. The standard InChI is InChI=1S/C22H20N4O2/c1-23-21(27)16-9-10-19-17(11-16)24-20(18-13-28-22(25-18)15-7-8-15)26(19)12-14-5-3-2-4-6-14/h2-6,9-11,13,15H,7-8,12H2,1H3,(H,23,27). The molecule has 1 fully saturated rings. The minimum Gasteiger partial charge on any atom is -0.448 e. The van der Waals surface area contributed by atoms with Gasteiger partial charge >= 0.3 is 0 Å².